The molecular formula is C25H29F2N5O. The number of nitrogens with one attached hydrogen (secondary N) is 1. The third-order valence-corrected chi connectivity index (χ3v) is 6.01. The minimum absolute atomic E-state index is 0.0642. The van der Waals surface area contributed by atoms with Crippen LogP contribution >= 0.6 is 0 Å². The molecule has 0 radical (unpaired) electrons. The van der Waals surface area contributed by atoms with Gasteiger partial charge in [0.05, 0.1) is 17.1 Å². The van der Waals surface area contributed by atoms with Gasteiger partial charge in [0.15, 0.2) is 23.3 Å². The number of carbonyl (C=O) groups is 1. The molecule has 1 N–H and O–H groups in total. The lowest BCUT2D eigenvalue weighted by Gasteiger charge is -2.30. The minimum Gasteiger partial charge on any atom is -0.363 e. The Labute approximate surface area is 192 Å². The van der Waals surface area contributed by atoms with Crippen LogP contribution in [0.3, 0.4) is 0 Å². The van der Waals surface area contributed by atoms with Gasteiger partial charge in [-0.15, -0.1) is 0 Å². The van der Waals surface area contributed by atoms with E-state index in [0.29, 0.717) is 43.3 Å². The molecule has 0 bridgehead atoms. The molecule has 33 heavy (non-hydrogen) atoms. The van der Waals surface area contributed by atoms with E-state index in [2.05, 4.69) is 20.2 Å². The summed E-state index contributed by atoms with van der Waals surface area (Å²) in [7, 11) is 0. The first-order valence-corrected chi connectivity index (χ1v) is 11.4. The summed E-state index contributed by atoms with van der Waals surface area (Å²) >= 11 is 0. The highest BCUT2D eigenvalue weighted by Crippen LogP contribution is 2.30. The van der Waals surface area contributed by atoms with Crippen molar-refractivity contribution in [2.24, 2.45) is 5.92 Å². The van der Waals surface area contributed by atoms with E-state index >= 15 is 0 Å². The number of hydrogen-bond acceptors (Lipinski definition) is 5. The molecule has 2 aromatic carbocycles. The Balaban J connectivity index is 1.66. The molecule has 3 aromatic rings. The zero-order valence-electron chi connectivity index (χ0n) is 19.2. The molecule has 1 atom stereocenters. The molecule has 1 aromatic heterocycles. The maximum absolute atomic E-state index is 13.9. The van der Waals surface area contributed by atoms with E-state index in [1.165, 1.54) is 0 Å². The zero-order chi connectivity index (χ0) is 23.5. The highest BCUT2D eigenvalue weighted by Gasteiger charge is 2.32. The summed E-state index contributed by atoms with van der Waals surface area (Å²) in [5.74, 6) is -0.747. The summed E-state index contributed by atoms with van der Waals surface area (Å²) < 4.78 is 27.7. The summed E-state index contributed by atoms with van der Waals surface area (Å²) in [4.78, 5) is 25.9. The molecule has 2 heterocycles. The van der Waals surface area contributed by atoms with Crippen LogP contribution in [0.25, 0.3) is 11.0 Å². The van der Waals surface area contributed by atoms with E-state index < -0.39 is 11.6 Å². The van der Waals surface area contributed by atoms with Crippen molar-refractivity contribution in [3.63, 3.8) is 0 Å². The highest BCUT2D eigenvalue weighted by atomic mass is 19.2. The molecule has 0 aliphatic carbocycles. The number of carbonyl (C=O) groups excluding carboxylic acids is 1. The average molecular weight is 454 g/mol. The van der Waals surface area contributed by atoms with Gasteiger partial charge in [-0.25, -0.2) is 18.7 Å². The molecule has 1 amide bonds. The van der Waals surface area contributed by atoms with Crippen molar-refractivity contribution in [2.45, 2.75) is 39.8 Å². The number of amides is 1. The maximum atomic E-state index is 13.9. The standard InChI is InChI=1S/C25H29F2N5O/c1-4-32(25(33)16(2)3)18-10-11-31(15-18)24-23(28-14-17-8-6-5-7-9-17)29-21-12-19(26)20(27)13-22(21)30-24/h5-9,12-13,16,18H,4,10-11,14-15H2,1-3H3,(H,28,29)/t18-/m0/s1. The lowest BCUT2D eigenvalue weighted by Crippen LogP contribution is -2.44. The van der Waals surface area contributed by atoms with E-state index in [-0.39, 0.29) is 23.4 Å². The van der Waals surface area contributed by atoms with Crippen LogP contribution in [0.4, 0.5) is 20.4 Å². The van der Waals surface area contributed by atoms with E-state index in [4.69, 9.17) is 0 Å². The zero-order valence-corrected chi connectivity index (χ0v) is 19.2. The topological polar surface area (TPSA) is 61.4 Å². The largest absolute Gasteiger partial charge is 0.363 e. The minimum atomic E-state index is -0.953. The van der Waals surface area contributed by atoms with Crippen LogP contribution in [-0.4, -0.2) is 46.5 Å². The second-order valence-electron chi connectivity index (χ2n) is 8.66. The lowest BCUT2D eigenvalue weighted by atomic mass is 10.1. The summed E-state index contributed by atoms with van der Waals surface area (Å²) in [6.07, 6.45) is 0.807. The number of rotatable bonds is 7. The molecule has 174 valence electrons. The quantitative estimate of drug-likeness (QED) is 0.566. The first-order chi connectivity index (χ1) is 15.9. The summed E-state index contributed by atoms with van der Waals surface area (Å²) in [5.41, 5.74) is 1.65. The van der Waals surface area contributed by atoms with Gasteiger partial charge in [-0.1, -0.05) is 44.2 Å². The van der Waals surface area contributed by atoms with Gasteiger partial charge in [0.1, 0.15) is 0 Å². The molecule has 8 heteroatoms. The van der Waals surface area contributed by atoms with Crippen molar-refractivity contribution in [2.75, 3.05) is 29.9 Å². The van der Waals surface area contributed by atoms with Crippen molar-refractivity contribution in [1.29, 1.82) is 0 Å². The Kier molecular flexibility index (Phi) is 6.72. The van der Waals surface area contributed by atoms with Crippen molar-refractivity contribution in [1.82, 2.24) is 14.9 Å². The number of nitrogens with zero attached hydrogens (tertiary/aromatic N) is 4. The monoisotopic (exact) mass is 453 g/mol. The molecule has 0 spiro atoms. The predicted octanol–water partition coefficient (Wildman–Crippen LogP) is 4.60. The van der Waals surface area contributed by atoms with Gasteiger partial charge in [0, 0.05) is 44.2 Å². The summed E-state index contributed by atoms with van der Waals surface area (Å²) in [6.45, 7) is 8.26. The second-order valence-corrected chi connectivity index (χ2v) is 8.66. The van der Waals surface area contributed by atoms with E-state index in [1.807, 2.05) is 56.0 Å². The third-order valence-electron chi connectivity index (χ3n) is 6.01. The van der Waals surface area contributed by atoms with Crippen molar-refractivity contribution >= 4 is 28.6 Å². The summed E-state index contributed by atoms with van der Waals surface area (Å²) in [5, 5.41) is 3.32. The van der Waals surface area contributed by atoms with Gasteiger partial charge in [0.25, 0.3) is 0 Å². The fourth-order valence-corrected chi connectivity index (χ4v) is 4.28. The smallest absolute Gasteiger partial charge is 0.225 e. The molecule has 1 saturated heterocycles. The molecular weight excluding hydrogens is 424 g/mol. The SMILES string of the molecule is CCN(C(=O)C(C)C)[C@H]1CCN(c2nc3cc(F)c(F)cc3nc2NCc2ccccc2)C1. The molecule has 1 fully saturated rings. The van der Waals surface area contributed by atoms with Gasteiger partial charge in [-0.05, 0) is 18.9 Å². The molecule has 0 unspecified atom stereocenters. The van der Waals surface area contributed by atoms with E-state index in [9.17, 15) is 13.6 Å². The Morgan fingerprint density at radius 3 is 2.45 bits per heavy atom. The van der Waals surface area contributed by atoms with Gasteiger partial charge in [-0.2, -0.15) is 0 Å². The highest BCUT2D eigenvalue weighted by molar-refractivity contribution is 5.81. The number of benzene rings is 2. The molecule has 1 aliphatic heterocycles. The van der Waals surface area contributed by atoms with Crippen molar-refractivity contribution in [3.8, 4) is 0 Å². The maximum Gasteiger partial charge on any atom is 0.225 e. The Morgan fingerprint density at radius 1 is 1.15 bits per heavy atom. The van der Waals surface area contributed by atoms with E-state index in [0.717, 1.165) is 24.1 Å². The number of hydrogen-bond donors (Lipinski definition) is 1. The first kappa shape index (κ1) is 22.9. The van der Waals surface area contributed by atoms with Crippen molar-refractivity contribution < 1.29 is 13.6 Å². The Hall–Kier alpha value is -3.29. The number of likely N-dealkylation sites (N-methyl/N-ethyl adjacent to an activating group) is 1. The Morgan fingerprint density at radius 2 is 1.82 bits per heavy atom. The van der Waals surface area contributed by atoms with Crippen LogP contribution in [0.15, 0.2) is 42.5 Å². The molecule has 4 rings (SSSR count). The van der Waals surface area contributed by atoms with Crippen LogP contribution in [0, 0.1) is 17.6 Å². The average Bonchev–Trinajstić information content (AvgIpc) is 3.28. The Bertz CT molecular complexity index is 1140. The number of anilines is 2. The third kappa shape index (κ3) is 4.89. The van der Waals surface area contributed by atoms with Crippen LogP contribution in [0.5, 0.6) is 0 Å². The second kappa shape index (κ2) is 9.68. The van der Waals surface area contributed by atoms with Gasteiger partial charge in [0.2, 0.25) is 5.91 Å². The fraction of sp³-hybridized carbons (Fsp3) is 0.400. The molecule has 6 nitrogen and oxygen atoms in total. The van der Waals surface area contributed by atoms with E-state index in [1.54, 1.807) is 0 Å². The normalized spacial score (nSPS) is 15.9. The summed E-state index contributed by atoms with van der Waals surface area (Å²) in [6, 6.07) is 12.1. The van der Waals surface area contributed by atoms with Crippen LogP contribution in [0.1, 0.15) is 32.8 Å². The number of fused-ring (bicyclic) bond motifs is 1. The van der Waals surface area contributed by atoms with Crippen LogP contribution in [0.2, 0.25) is 0 Å². The molecule has 1 aliphatic rings. The van der Waals surface area contributed by atoms with Crippen molar-refractivity contribution in [3.05, 3.63) is 59.7 Å². The van der Waals surface area contributed by atoms with Gasteiger partial charge >= 0.3 is 0 Å². The molecule has 0 saturated carbocycles. The van der Waals surface area contributed by atoms with Gasteiger partial charge < -0.3 is 15.1 Å². The first-order valence-electron chi connectivity index (χ1n) is 11.4. The number of halogens is 2. The fourth-order valence-electron chi connectivity index (χ4n) is 4.28. The van der Waals surface area contributed by atoms with Crippen LogP contribution < -0.4 is 10.2 Å². The predicted molar refractivity (Wildman–Crippen MR) is 126 cm³/mol. The van der Waals surface area contributed by atoms with Crippen LogP contribution in [-0.2, 0) is 11.3 Å². The van der Waals surface area contributed by atoms with Gasteiger partial charge in [-0.3, -0.25) is 4.79 Å². The lowest BCUT2D eigenvalue weighted by molar-refractivity contribution is -0.136. The number of aromatic nitrogens is 2.